The number of anilines is 1. The molecule has 1 aliphatic rings. The number of hydrogen-bond acceptors (Lipinski definition) is 5. The summed E-state index contributed by atoms with van der Waals surface area (Å²) in [6.07, 6.45) is 5.90. The van der Waals surface area contributed by atoms with Gasteiger partial charge in [-0.15, -0.1) is 0 Å². The van der Waals surface area contributed by atoms with E-state index in [4.69, 9.17) is 4.42 Å². The molecule has 120 valence electrons. The highest BCUT2D eigenvalue weighted by molar-refractivity contribution is 5.77. The molecule has 4 rings (SSSR count). The van der Waals surface area contributed by atoms with E-state index in [1.807, 2.05) is 10.7 Å². The summed E-state index contributed by atoms with van der Waals surface area (Å²) in [6, 6.07) is 6.50. The van der Waals surface area contributed by atoms with Crippen molar-refractivity contribution >= 4 is 16.8 Å². The summed E-state index contributed by atoms with van der Waals surface area (Å²) in [7, 11) is 0. The standard InChI is InChI=1S/C17H21N5O/c1-11(2)17-21-14-7-13(5-6-16(14)23-17)20-15(12-3-4-12)8-22-10-18-9-19-22/h5-7,9-12,15,20H,3-4,8H2,1-2H3. The molecule has 0 saturated heterocycles. The van der Waals surface area contributed by atoms with E-state index in [9.17, 15) is 0 Å². The lowest BCUT2D eigenvalue weighted by atomic mass is 10.1. The van der Waals surface area contributed by atoms with E-state index in [-0.39, 0.29) is 0 Å². The predicted octanol–water partition coefficient (Wildman–Crippen LogP) is 3.43. The first kappa shape index (κ1) is 14.2. The van der Waals surface area contributed by atoms with Gasteiger partial charge >= 0.3 is 0 Å². The number of fused-ring (bicyclic) bond motifs is 1. The molecule has 6 nitrogen and oxygen atoms in total. The molecular formula is C17H21N5O. The molecular weight excluding hydrogens is 290 g/mol. The molecule has 1 aliphatic carbocycles. The van der Waals surface area contributed by atoms with Crippen molar-refractivity contribution < 1.29 is 4.42 Å². The van der Waals surface area contributed by atoms with Crippen molar-refractivity contribution in [2.45, 2.75) is 45.2 Å². The quantitative estimate of drug-likeness (QED) is 0.755. The van der Waals surface area contributed by atoms with Gasteiger partial charge in [0.25, 0.3) is 0 Å². The Morgan fingerprint density at radius 1 is 1.35 bits per heavy atom. The molecule has 0 bridgehead atoms. The number of benzene rings is 1. The maximum atomic E-state index is 5.77. The Labute approximate surface area is 134 Å². The summed E-state index contributed by atoms with van der Waals surface area (Å²) in [5.74, 6) is 1.79. The largest absolute Gasteiger partial charge is 0.440 e. The van der Waals surface area contributed by atoms with Crippen LogP contribution in [0.15, 0.2) is 35.3 Å². The van der Waals surface area contributed by atoms with E-state index >= 15 is 0 Å². The van der Waals surface area contributed by atoms with Crippen molar-refractivity contribution in [2.24, 2.45) is 5.92 Å². The first-order valence-electron chi connectivity index (χ1n) is 8.18. The Bertz CT molecular complexity index is 789. The van der Waals surface area contributed by atoms with E-state index in [0.29, 0.717) is 17.9 Å². The summed E-state index contributed by atoms with van der Waals surface area (Å²) in [5.41, 5.74) is 2.84. The van der Waals surface area contributed by atoms with Gasteiger partial charge in [0.1, 0.15) is 18.2 Å². The molecule has 1 N–H and O–H groups in total. The molecule has 23 heavy (non-hydrogen) atoms. The fraction of sp³-hybridized carbons (Fsp3) is 0.471. The van der Waals surface area contributed by atoms with Crippen molar-refractivity contribution in [3.63, 3.8) is 0 Å². The van der Waals surface area contributed by atoms with Crippen LogP contribution in [0.3, 0.4) is 0 Å². The van der Waals surface area contributed by atoms with Gasteiger partial charge in [-0.2, -0.15) is 5.10 Å². The van der Waals surface area contributed by atoms with Gasteiger partial charge in [-0.3, -0.25) is 4.68 Å². The number of hydrogen-bond donors (Lipinski definition) is 1. The molecule has 1 saturated carbocycles. The summed E-state index contributed by atoms with van der Waals surface area (Å²) >= 11 is 0. The third kappa shape index (κ3) is 3.06. The first-order valence-corrected chi connectivity index (χ1v) is 8.18. The van der Waals surface area contributed by atoms with Crippen LogP contribution in [0.5, 0.6) is 0 Å². The molecule has 3 aromatic rings. The summed E-state index contributed by atoms with van der Waals surface area (Å²) in [4.78, 5) is 8.61. The minimum absolute atomic E-state index is 0.297. The van der Waals surface area contributed by atoms with Crippen molar-refractivity contribution in [3.8, 4) is 0 Å². The van der Waals surface area contributed by atoms with Crippen LogP contribution in [0.2, 0.25) is 0 Å². The van der Waals surface area contributed by atoms with E-state index in [2.05, 4.69) is 46.4 Å². The zero-order valence-corrected chi connectivity index (χ0v) is 13.4. The van der Waals surface area contributed by atoms with E-state index in [0.717, 1.165) is 29.2 Å². The number of oxazole rings is 1. The van der Waals surface area contributed by atoms with E-state index in [1.54, 1.807) is 12.7 Å². The third-order valence-electron chi connectivity index (χ3n) is 4.29. The molecule has 1 fully saturated rings. The zero-order valence-electron chi connectivity index (χ0n) is 13.4. The van der Waals surface area contributed by atoms with Crippen LogP contribution in [0.25, 0.3) is 11.1 Å². The fourth-order valence-corrected chi connectivity index (χ4v) is 2.84. The Morgan fingerprint density at radius 3 is 2.91 bits per heavy atom. The van der Waals surface area contributed by atoms with Crippen LogP contribution < -0.4 is 5.32 Å². The Hall–Kier alpha value is -2.37. The van der Waals surface area contributed by atoms with Crippen LogP contribution in [0.1, 0.15) is 38.5 Å². The second-order valence-corrected chi connectivity index (χ2v) is 6.60. The molecule has 1 unspecified atom stereocenters. The van der Waals surface area contributed by atoms with Gasteiger partial charge in [-0.25, -0.2) is 9.97 Å². The predicted molar refractivity (Wildman–Crippen MR) is 88.3 cm³/mol. The highest BCUT2D eigenvalue weighted by Crippen LogP contribution is 2.35. The van der Waals surface area contributed by atoms with Gasteiger partial charge in [0.05, 0.1) is 6.54 Å². The summed E-state index contributed by atoms with van der Waals surface area (Å²) < 4.78 is 7.66. The molecule has 2 heterocycles. The molecule has 0 spiro atoms. The topological polar surface area (TPSA) is 68.8 Å². The normalized spacial score (nSPS) is 16.1. The smallest absolute Gasteiger partial charge is 0.198 e. The van der Waals surface area contributed by atoms with Crippen molar-refractivity contribution in [1.29, 1.82) is 0 Å². The molecule has 6 heteroatoms. The minimum Gasteiger partial charge on any atom is -0.440 e. The zero-order chi connectivity index (χ0) is 15.8. The average Bonchev–Trinajstić information content (AvgIpc) is 3.08. The number of nitrogens with one attached hydrogen (secondary N) is 1. The summed E-state index contributed by atoms with van der Waals surface area (Å²) in [5, 5.41) is 7.86. The molecule has 0 aliphatic heterocycles. The second kappa shape index (κ2) is 5.68. The number of rotatable bonds is 6. The maximum Gasteiger partial charge on any atom is 0.198 e. The molecule has 1 atom stereocenters. The Balaban J connectivity index is 1.55. The van der Waals surface area contributed by atoms with Gasteiger partial charge in [0.2, 0.25) is 0 Å². The average molecular weight is 311 g/mol. The minimum atomic E-state index is 0.297. The lowest BCUT2D eigenvalue weighted by molar-refractivity contribution is 0.495. The molecule has 0 radical (unpaired) electrons. The fourth-order valence-electron chi connectivity index (χ4n) is 2.84. The van der Waals surface area contributed by atoms with Crippen LogP contribution in [0, 0.1) is 5.92 Å². The van der Waals surface area contributed by atoms with Crippen molar-refractivity contribution in [2.75, 3.05) is 5.32 Å². The van der Waals surface area contributed by atoms with Gasteiger partial charge in [0.15, 0.2) is 11.5 Å². The molecule has 1 aromatic carbocycles. The Morgan fingerprint density at radius 2 is 2.22 bits per heavy atom. The first-order chi connectivity index (χ1) is 11.2. The molecule has 2 aromatic heterocycles. The number of nitrogens with zero attached hydrogens (tertiary/aromatic N) is 4. The van der Waals surface area contributed by atoms with Crippen LogP contribution in [0.4, 0.5) is 5.69 Å². The van der Waals surface area contributed by atoms with Gasteiger partial charge in [-0.1, -0.05) is 13.8 Å². The monoisotopic (exact) mass is 311 g/mol. The molecule has 0 amide bonds. The lowest BCUT2D eigenvalue weighted by Gasteiger charge is -2.19. The van der Waals surface area contributed by atoms with E-state index < -0.39 is 0 Å². The van der Waals surface area contributed by atoms with Crippen LogP contribution in [-0.2, 0) is 6.54 Å². The second-order valence-electron chi connectivity index (χ2n) is 6.60. The van der Waals surface area contributed by atoms with Gasteiger partial charge in [0, 0.05) is 17.6 Å². The number of aromatic nitrogens is 4. The maximum absolute atomic E-state index is 5.77. The van der Waals surface area contributed by atoms with Gasteiger partial charge in [-0.05, 0) is 37.0 Å². The third-order valence-corrected chi connectivity index (χ3v) is 4.29. The van der Waals surface area contributed by atoms with Crippen molar-refractivity contribution in [3.05, 3.63) is 36.7 Å². The highest BCUT2D eigenvalue weighted by atomic mass is 16.3. The van der Waals surface area contributed by atoms with Crippen LogP contribution >= 0.6 is 0 Å². The van der Waals surface area contributed by atoms with Crippen molar-refractivity contribution in [1.82, 2.24) is 19.7 Å². The van der Waals surface area contributed by atoms with E-state index in [1.165, 1.54) is 12.8 Å². The van der Waals surface area contributed by atoms with Crippen LogP contribution in [-0.4, -0.2) is 25.8 Å². The highest BCUT2D eigenvalue weighted by Gasteiger charge is 2.31. The SMILES string of the molecule is CC(C)c1nc2cc(NC(Cn3cncn3)C3CC3)ccc2o1. The Kier molecular flexibility index (Phi) is 3.52. The lowest BCUT2D eigenvalue weighted by Crippen LogP contribution is -2.27. The van der Waals surface area contributed by atoms with Gasteiger partial charge < -0.3 is 9.73 Å². The summed E-state index contributed by atoms with van der Waals surface area (Å²) in [6.45, 7) is 5.01.